The Kier molecular flexibility index (Phi) is 9.60. The van der Waals surface area contributed by atoms with Crippen LogP contribution in [-0.2, 0) is 32.0 Å². The first-order valence-corrected chi connectivity index (χ1v) is 13.8. The predicted molar refractivity (Wildman–Crippen MR) is 161 cm³/mol. The molecule has 0 radical (unpaired) electrons. The van der Waals surface area contributed by atoms with Crippen molar-refractivity contribution in [3.63, 3.8) is 0 Å². The maximum Gasteiger partial charge on any atom is 0.338 e. The van der Waals surface area contributed by atoms with Gasteiger partial charge in [0.1, 0.15) is 24.8 Å². The molecule has 0 aliphatic heterocycles. The molecule has 7 nitrogen and oxygen atoms in total. The Bertz CT molecular complexity index is 1650. The monoisotopic (exact) mass is 584 g/mol. The van der Waals surface area contributed by atoms with E-state index in [-0.39, 0.29) is 35.9 Å². The van der Waals surface area contributed by atoms with Gasteiger partial charge in [-0.1, -0.05) is 44.0 Å². The summed E-state index contributed by atoms with van der Waals surface area (Å²) in [5.41, 5.74) is 5.03. The fourth-order valence-electron chi connectivity index (χ4n) is 4.61. The number of carbonyl (C=O) groups excluding carboxylic acids is 3. The van der Waals surface area contributed by atoms with E-state index in [1.54, 1.807) is 25.1 Å². The van der Waals surface area contributed by atoms with E-state index >= 15 is 4.39 Å². The number of benzene rings is 3. The van der Waals surface area contributed by atoms with Crippen molar-refractivity contribution in [1.29, 1.82) is 0 Å². The van der Waals surface area contributed by atoms with Crippen LogP contribution in [0, 0.1) is 5.82 Å². The number of hydrogen-bond acceptors (Lipinski definition) is 7. The molecule has 0 saturated carbocycles. The fourth-order valence-corrected chi connectivity index (χ4v) is 4.61. The molecule has 0 N–H and O–H groups in total. The van der Waals surface area contributed by atoms with E-state index in [2.05, 4.69) is 19.7 Å². The molecule has 1 aliphatic carbocycles. The second kappa shape index (κ2) is 13.3. The molecule has 0 aromatic heterocycles. The molecule has 222 valence electrons. The number of hydrogen-bond donors (Lipinski definition) is 0. The van der Waals surface area contributed by atoms with Crippen molar-refractivity contribution in [1.82, 2.24) is 0 Å². The summed E-state index contributed by atoms with van der Waals surface area (Å²) in [6.45, 7) is 15.6. The van der Waals surface area contributed by atoms with E-state index in [0.717, 1.165) is 36.0 Å². The molecule has 0 heterocycles. The first-order chi connectivity index (χ1) is 20.5. The Morgan fingerprint density at radius 3 is 1.88 bits per heavy atom. The maximum atomic E-state index is 15.7. The zero-order chi connectivity index (χ0) is 31.3. The number of rotatable bonds is 11. The first kappa shape index (κ1) is 31.0. The Balaban J connectivity index is 1.60. The number of fused-ring (bicyclic) bond motifs is 1. The third-order valence-corrected chi connectivity index (χ3v) is 6.80. The molecule has 3 aromatic rings. The summed E-state index contributed by atoms with van der Waals surface area (Å²) in [6.07, 6.45) is 2.51. The number of halogens is 1. The molecular weight excluding hydrogens is 551 g/mol. The Morgan fingerprint density at radius 2 is 1.23 bits per heavy atom. The molecule has 0 saturated heterocycles. The molecule has 0 bridgehead atoms. The van der Waals surface area contributed by atoms with E-state index in [0.29, 0.717) is 28.0 Å². The van der Waals surface area contributed by atoms with Gasteiger partial charge < -0.3 is 18.9 Å². The zero-order valence-electron chi connectivity index (χ0n) is 24.5. The average Bonchev–Trinajstić information content (AvgIpc) is 3.46. The van der Waals surface area contributed by atoms with Crippen LogP contribution >= 0.6 is 0 Å². The van der Waals surface area contributed by atoms with Gasteiger partial charge in [0.15, 0.2) is 11.5 Å². The second-order valence-corrected chi connectivity index (χ2v) is 10.4. The van der Waals surface area contributed by atoms with Gasteiger partial charge in [0.05, 0.1) is 0 Å². The molecule has 1 aliphatic rings. The van der Waals surface area contributed by atoms with Crippen molar-refractivity contribution in [2.75, 3.05) is 13.2 Å². The van der Waals surface area contributed by atoms with Gasteiger partial charge >= 0.3 is 17.9 Å². The van der Waals surface area contributed by atoms with Gasteiger partial charge in [0, 0.05) is 22.3 Å². The summed E-state index contributed by atoms with van der Waals surface area (Å²) in [7, 11) is 0. The number of esters is 3. The van der Waals surface area contributed by atoms with Crippen molar-refractivity contribution >= 4 is 17.9 Å². The predicted octanol–water partition coefficient (Wildman–Crippen LogP) is 7.11. The topological polar surface area (TPSA) is 88.1 Å². The lowest BCUT2D eigenvalue weighted by molar-refractivity contribution is -0.139. The second-order valence-electron chi connectivity index (χ2n) is 10.4. The van der Waals surface area contributed by atoms with Gasteiger partial charge in [-0.15, -0.1) is 0 Å². The summed E-state index contributed by atoms with van der Waals surface area (Å²) in [6, 6.07) is 13.2. The largest absolute Gasteiger partial charge is 0.490 e. The Hall–Kier alpha value is -4.98. The lowest BCUT2D eigenvalue weighted by atomic mass is 9.94. The van der Waals surface area contributed by atoms with Crippen molar-refractivity contribution in [2.24, 2.45) is 0 Å². The van der Waals surface area contributed by atoms with Crippen molar-refractivity contribution in [3.8, 4) is 39.5 Å². The molecule has 0 spiro atoms. The van der Waals surface area contributed by atoms with Crippen molar-refractivity contribution in [2.45, 2.75) is 40.0 Å². The Labute approximate surface area is 250 Å². The van der Waals surface area contributed by atoms with Gasteiger partial charge in [-0.2, -0.15) is 0 Å². The third kappa shape index (κ3) is 7.27. The maximum absolute atomic E-state index is 15.7. The summed E-state index contributed by atoms with van der Waals surface area (Å²) in [5.74, 6) is -1.54. The fraction of sp³-hybridized carbons (Fsp3) is 0.229. The quantitative estimate of drug-likeness (QED) is 0.103. The van der Waals surface area contributed by atoms with Crippen LogP contribution in [-0.4, -0.2) is 31.1 Å². The molecule has 0 atom stereocenters. The summed E-state index contributed by atoms with van der Waals surface area (Å²) >= 11 is 0. The van der Waals surface area contributed by atoms with Crippen molar-refractivity contribution in [3.05, 3.63) is 102 Å². The van der Waals surface area contributed by atoms with Crippen LogP contribution in [0.15, 0.2) is 85.0 Å². The van der Waals surface area contributed by atoms with Crippen LogP contribution in [0.4, 0.5) is 4.39 Å². The molecule has 0 amide bonds. The average molecular weight is 585 g/mol. The first-order valence-electron chi connectivity index (χ1n) is 13.8. The van der Waals surface area contributed by atoms with Crippen molar-refractivity contribution < 1.29 is 37.7 Å². The number of ether oxygens (including phenoxy) is 4. The normalized spacial score (nSPS) is 11.7. The van der Waals surface area contributed by atoms with Crippen LogP contribution in [0.25, 0.3) is 22.3 Å². The standard InChI is InChI=1S/C35H33FO7/c1-20(2)33(37)41-17-16-40-30-15-13-26(25-8-7-9-28(25)30)27-12-10-23(18-29(27)36)24-11-14-31(42-34(38)21(3)4)32(19-24)43-35(39)22(5)6/h10-15,18-19H,1,3,5,7-9,16-17H2,2,4,6H3. The highest BCUT2D eigenvalue weighted by atomic mass is 19.1. The third-order valence-electron chi connectivity index (χ3n) is 6.80. The molecule has 8 heteroatoms. The van der Waals surface area contributed by atoms with Crippen LogP contribution in [0.5, 0.6) is 17.2 Å². The minimum Gasteiger partial charge on any atom is -0.490 e. The molecule has 3 aromatic carbocycles. The lowest BCUT2D eigenvalue weighted by Crippen LogP contribution is -2.13. The molecule has 0 fully saturated rings. The summed E-state index contributed by atoms with van der Waals surface area (Å²) < 4.78 is 37.4. The minimum absolute atomic E-state index is 0.00705. The van der Waals surface area contributed by atoms with Crippen LogP contribution in [0.1, 0.15) is 38.3 Å². The van der Waals surface area contributed by atoms with Gasteiger partial charge in [-0.3, -0.25) is 0 Å². The molecule has 4 rings (SSSR count). The van der Waals surface area contributed by atoms with Gasteiger partial charge in [0.2, 0.25) is 0 Å². The smallest absolute Gasteiger partial charge is 0.338 e. The van der Waals surface area contributed by atoms with E-state index in [4.69, 9.17) is 18.9 Å². The van der Waals surface area contributed by atoms with E-state index in [1.807, 2.05) is 12.1 Å². The molecular formula is C35H33FO7. The molecule has 43 heavy (non-hydrogen) atoms. The highest BCUT2D eigenvalue weighted by Crippen LogP contribution is 2.40. The van der Waals surface area contributed by atoms with Crippen LogP contribution in [0.2, 0.25) is 0 Å². The highest BCUT2D eigenvalue weighted by Gasteiger charge is 2.23. The minimum atomic E-state index is -0.694. The molecule has 0 unspecified atom stereocenters. The summed E-state index contributed by atoms with van der Waals surface area (Å²) in [5, 5.41) is 0. The van der Waals surface area contributed by atoms with E-state index < -0.39 is 23.7 Å². The van der Waals surface area contributed by atoms with E-state index in [9.17, 15) is 14.4 Å². The highest BCUT2D eigenvalue weighted by molar-refractivity contribution is 5.91. The zero-order valence-corrected chi connectivity index (χ0v) is 24.5. The summed E-state index contributed by atoms with van der Waals surface area (Å²) in [4.78, 5) is 36.0. The van der Waals surface area contributed by atoms with Gasteiger partial charge in [0.25, 0.3) is 0 Å². The Morgan fingerprint density at radius 1 is 0.674 bits per heavy atom. The van der Waals surface area contributed by atoms with Crippen LogP contribution < -0.4 is 14.2 Å². The number of carbonyl (C=O) groups is 3. The van der Waals surface area contributed by atoms with Gasteiger partial charge in [-0.05, 0) is 92.1 Å². The lowest BCUT2D eigenvalue weighted by Gasteiger charge is -2.16. The van der Waals surface area contributed by atoms with E-state index in [1.165, 1.54) is 32.0 Å². The van der Waals surface area contributed by atoms with Crippen LogP contribution in [0.3, 0.4) is 0 Å². The SMILES string of the molecule is C=C(C)C(=O)OCCOc1ccc(-c2ccc(-c3ccc(OC(=O)C(=C)C)c(OC(=O)C(=C)C)c3)cc2F)c2c1CCC2. The van der Waals surface area contributed by atoms with Gasteiger partial charge in [-0.25, -0.2) is 18.8 Å².